The van der Waals surface area contributed by atoms with Gasteiger partial charge in [0.05, 0.1) is 11.5 Å². The van der Waals surface area contributed by atoms with E-state index in [1.54, 1.807) is 24.1 Å². The summed E-state index contributed by atoms with van der Waals surface area (Å²) < 4.78 is 0. The molecule has 0 saturated carbocycles. The number of nitrogens with two attached hydrogens (primary N) is 1. The number of carbonyl (C=O) groups excluding carboxylic acids is 1. The van der Waals surface area contributed by atoms with E-state index < -0.39 is 4.92 Å². The minimum absolute atomic E-state index is 0.0621. The molecular weight excluding hydrogens is 274 g/mol. The molecule has 1 heterocycles. The Balaban J connectivity index is 2.12. The maximum Gasteiger partial charge on any atom is 0.293 e. The van der Waals surface area contributed by atoms with E-state index in [0.717, 1.165) is 25.1 Å². The molecule has 1 aliphatic heterocycles. The van der Waals surface area contributed by atoms with Crippen LogP contribution in [0.25, 0.3) is 0 Å². The highest BCUT2D eigenvalue weighted by molar-refractivity contribution is 5.78. The van der Waals surface area contributed by atoms with Crippen LogP contribution in [0.1, 0.15) is 12.0 Å². The van der Waals surface area contributed by atoms with Crippen LogP contribution >= 0.6 is 0 Å². The van der Waals surface area contributed by atoms with Crippen LogP contribution in [-0.2, 0) is 11.3 Å². The zero-order valence-corrected chi connectivity index (χ0v) is 11.9. The fourth-order valence-electron chi connectivity index (χ4n) is 2.40. The van der Waals surface area contributed by atoms with Crippen LogP contribution in [0, 0.1) is 10.1 Å². The summed E-state index contributed by atoms with van der Waals surface area (Å²) in [7, 11) is 1.80. The topological polar surface area (TPSA) is 105 Å². The number of hydrazine groups is 1. The van der Waals surface area contributed by atoms with Crippen molar-refractivity contribution >= 4 is 17.3 Å². The maximum atomic E-state index is 11.8. The first kappa shape index (κ1) is 15.2. The molecule has 0 spiro atoms. The molecule has 1 saturated heterocycles. The van der Waals surface area contributed by atoms with Gasteiger partial charge in [0.15, 0.2) is 0 Å². The zero-order chi connectivity index (χ0) is 15.4. The van der Waals surface area contributed by atoms with Gasteiger partial charge in [0.2, 0.25) is 5.91 Å². The first-order valence-corrected chi connectivity index (χ1v) is 6.71. The van der Waals surface area contributed by atoms with E-state index in [0.29, 0.717) is 13.1 Å². The molecular formula is C13H19N5O3. The van der Waals surface area contributed by atoms with E-state index in [9.17, 15) is 14.9 Å². The van der Waals surface area contributed by atoms with Crippen molar-refractivity contribution < 1.29 is 9.72 Å². The lowest BCUT2D eigenvalue weighted by molar-refractivity contribution is -0.384. The van der Waals surface area contributed by atoms with Crippen molar-refractivity contribution in [2.75, 3.05) is 32.1 Å². The summed E-state index contributed by atoms with van der Waals surface area (Å²) in [6, 6.07) is 4.77. The van der Waals surface area contributed by atoms with Gasteiger partial charge in [0, 0.05) is 32.7 Å². The number of nitrogens with one attached hydrogen (secondary N) is 1. The van der Waals surface area contributed by atoms with Gasteiger partial charge in [0.25, 0.3) is 5.69 Å². The summed E-state index contributed by atoms with van der Waals surface area (Å²) in [5, 5.41) is 10.9. The Morgan fingerprint density at radius 2 is 2.19 bits per heavy atom. The number of nitro benzene ring substituents is 1. The lowest BCUT2D eigenvalue weighted by Crippen LogP contribution is -2.34. The lowest BCUT2D eigenvalue weighted by atomic mass is 10.1. The molecule has 0 radical (unpaired) electrons. The quantitative estimate of drug-likeness (QED) is 0.477. The van der Waals surface area contributed by atoms with E-state index in [2.05, 4.69) is 5.43 Å². The highest BCUT2D eigenvalue weighted by atomic mass is 16.6. The van der Waals surface area contributed by atoms with Crippen LogP contribution in [0.4, 0.5) is 11.4 Å². The molecule has 2 rings (SSSR count). The SMILES string of the molecule is CN1CCCN(Cc2ccc([N+](=O)[O-])c(NN)c2)CC1=O. The molecule has 1 fully saturated rings. The standard InChI is InChI=1S/C13H19N5O3/c1-16-5-2-6-17(9-13(16)19)8-10-3-4-12(18(20)21)11(7-10)15-14/h3-4,7,15H,2,5-6,8-9,14H2,1H3. The minimum Gasteiger partial charge on any atom is -0.345 e. The van der Waals surface area contributed by atoms with Crippen LogP contribution in [0.15, 0.2) is 18.2 Å². The van der Waals surface area contributed by atoms with Crippen molar-refractivity contribution in [1.29, 1.82) is 0 Å². The van der Waals surface area contributed by atoms with Crippen molar-refractivity contribution in [3.05, 3.63) is 33.9 Å². The number of nitro groups is 1. The summed E-state index contributed by atoms with van der Waals surface area (Å²) in [6.45, 7) is 2.49. The Bertz CT molecular complexity index is 549. The molecule has 1 aromatic rings. The first-order chi connectivity index (χ1) is 10.0. The van der Waals surface area contributed by atoms with Gasteiger partial charge in [-0.2, -0.15) is 0 Å². The normalized spacial score (nSPS) is 16.7. The Labute approximate surface area is 122 Å². The number of anilines is 1. The Kier molecular flexibility index (Phi) is 4.71. The summed E-state index contributed by atoms with van der Waals surface area (Å²) in [4.78, 5) is 26.0. The largest absolute Gasteiger partial charge is 0.345 e. The van der Waals surface area contributed by atoms with E-state index >= 15 is 0 Å². The van der Waals surface area contributed by atoms with E-state index in [4.69, 9.17) is 5.84 Å². The van der Waals surface area contributed by atoms with E-state index in [1.165, 1.54) is 6.07 Å². The zero-order valence-electron chi connectivity index (χ0n) is 11.9. The Hall–Kier alpha value is -2.19. The molecule has 0 aromatic heterocycles. The van der Waals surface area contributed by atoms with Crippen LogP contribution in [0.2, 0.25) is 0 Å². The highest BCUT2D eigenvalue weighted by Gasteiger charge is 2.20. The van der Waals surface area contributed by atoms with Crippen LogP contribution in [0.3, 0.4) is 0 Å². The molecule has 1 aliphatic rings. The molecule has 0 aliphatic carbocycles. The number of likely N-dealkylation sites (N-methyl/N-ethyl adjacent to an activating group) is 1. The number of rotatable bonds is 4. The number of hydrogen-bond donors (Lipinski definition) is 2. The molecule has 1 amide bonds. The second kappa shape index (κ2) is 6.51. The van der Waals surface area contributed by atoms with Gasteiger partial charge >= 0.3 is 0 Å². The molecule has 8 heteroatoms. The summed E-state index contributed by atoms with van der Waals surface area (Å²) in [6.07, 6.45) is 0.914. The first-order valence-electron chi connectivity index (χ1n) is 6.71. The molecule has 0 bridgehead atoms. The van der Waals surface area contributed by atoms with Gasteiger partial charge in [-0.1, -0.05) is 6.07 Å². The fraction of sp³-hybridized carbons (Fsp3) is 0.462. The molecule has 0 unspecified atom stereocenters. The third-order valence-corrected chi connectivity index (χ3v) is 3.57. The van der Waals surface area contributed by atoms with Gasteiger partial charge in [-0.3, -0.25) is 25.7 Å². The number of nitrogens with zero attached hydrogens (tertiary/aromatic N) is 3. The second-order valence-corrected chi connectivity index (χ2v) is 5.13. The average Bonchev–Trinajstić information content (AvgIpc) is 2.60. The monoisotopic (exact) mass is 293 g/mol. The number of benzene rings is 1. The van der Waals surface area contributed by atoms with Gasteiger partial charge in [0.1, 0.15) is 5.69 Å². The van der Waals surface area contributed by atoms with Crippen molar-refractivity contribution in [3.8, 4) is 0 Å². The minimum atomic E-state index is -0.483. The van der Waals surface area contributed by atoms with Crippen LogP contribution in [-0.4, -0.2) is 47.3 Å². The van der Waals surface area contributed by atoms with Crippen molar-refractivity contribution in [2.24, 2.45) is 5.84 Å². The molecule has 8 nitrogen and oxygen atoms in total. The van der Waals surface area contributed by atoms with Crippen molar-refractivity contribution in [1.82, 2.24) is 9.80 Å². The van der Waals surface area contributed by atoms with Crippen molar-refractivity contribution in [3.63, 3.8) is 0 Å². The third-order valence-electron chi connectivity index (χ3n) is 3.57. The highest BCUT2D eigenvalue weighted by Crippen LogP contribution is 2.25. The van der Waals surface area contributed by atoms with E-state index in [-0.39, 0.29) is 17.3 Å². The number of nitrogen functional groups attached to an aromatic ring is 1. The predicted molar refractivity (Wildman–Crippen MR) is 78.4 cm³/mol. The van der Waals surface area contributed by atoms with Gasteiger partial charge in [-0.05, 0) is 18.1 Å². The van der Waals surface area contributed by atoms with Gasteiger partial charge in [-0.25, -0.2) is 0 Å². The third kappa shape index (κ3) is 3.67. The van der Waals surface area contributed by atoms with Crippen LogP contribution < -0.4 is 11.3 Å². The Morgan fingerprint density at radius 3 is 2.86 bits per heavy atom. The maximum absolute atomic E-state index is 11.8. The molecule has 3 N–H and O–H groups in total. The lowest BCUT2D eigenvalue weighted by Gasteiger charge is -2.19. The van der Waals surface area contributed by atoms with Crippen molar-refractivity contribution in [2.45, 2.75) is 13.0 Å². The molecule has 21 heavy (non-hydrogen) atoms. The fourth-order valence-corrected chi connectivity index (χ4v) is 2.40. The van der Waals surface area contributed by atoms with Gasteiger partial charge in [-0.15, -0.1) is 0 Å². The molecule has 1 aromatic carbocycles. The average molecular weight is 293 g/mol. The number of carbonyl (C=O) groups is 1. The number of hydrogen-bond acceptors (Lipinski definition) is 6. The van der Waals surface area contributed by atoms with E-state index in [1.807, 2.05) is 4.90 Å². The van der Waals surface area contributed by atoms with Crippen LogP contribution in [0.5, 0.6) is 0 Å². The second-order valence-electron chi connectivity index (χ2n) is 5.13. The summed E-state index contributed by atoms with van der Waals surface area (Å²) in [5.74, 6) is 5.42. The summed E-state index contributed by atoms with van der Waals surface area (Å²) >= 11 is 0. The number of amides is 1. The smallest absolute Gasteiger partial charge is 0.293 e. The molecule has 114 valence electrons. The summed E-state index contributed by atoms with van der Waals surface area (Å²) in [5.41, 5.74) is 3.44. The Morgan fingerprint density at radius 1 is 1.43 bits per heavy atom. The molecule has 0 atom stereocenters. The van der Waals surface area contributed by atoms with Gasteiger partial charge < -0.3 is 10.3 Å². The predicted octanol–water partition coefficient (Wildman–Crippen LogP) is 0.544.